The average molecular weight is 286 g/mol. The lowest BCUT2D eigenvalue weighted by Gasteiger charge is -2.40. The first-order valence-corrected chi connectivity index (χ1v) is 8.59. The van der Waals surface area contributed by atoms with Crippen molar-refractivity contribution in [3.8, 4) is 0 Å². The zero-order valence-electron chi connectivity index (χ0n) is 12.1. The minimum absolute atomic E-state index is 0.0322. The minimum atomic E-state index is -0.580. The summed E-state index contributed by atoms with van der Waals surface area (Å²) in [5, 5.41) is 10.7. The van der Waals surface area contributed by atoms with E-state index < -0.39 is 5.60 Å². The fourth-order valence-electron chi connectivity index (χ4n) is 3.02. The Bertz CT molecular complexity index is 311. The van der Waals surface area contributed by atoms with Crippen LogP contribution in [-0.4, -0.2) is 70.6 Å². The normalized spacial score (nSPS) is 25.5. The standard InChI is InChI=1S/C14H26N2O2S/c1-12(19-2)13(17)16-9-5-14(18,6-10-16)11-15-7-3-4-8-15/h12,18H,3-11H2,1-2H3. The molecule has 0 spiro atoms. The third-order valence-corrected chi connectivity index (χ3v) is 5.33. The topological polar surface area (TPSA) is 43.8 Å². The van der Waals surface area contributed by atoms with Gasteiger partial charge in [0, 0.05) is 19.6 Å². The number of thioether (sulfide) groups is 1. The van der Waals surface area contributed by atoms with Gasteiger partial charge >= 0.3 is 0 Å². The third kappa shape index (κ3) is 3.86. The van der Waals surface area contributed by atoms with Crippen LogP contribution >= 0.6 is 11.8 Å². The van der Waals surface area contributed by atoms with Crippen molar-refractivity contribution in [1.82, 2.24) is 9.80 Å². The highest BCUT2D eigenvalue weighted by Crippen LogP contribution is 2.26. The monoisotopic (exact) mass is 286 g/mol. The lowest BCUT2D eigenvalue weighted by molar-refractivity contribution is -0.135. The summed E-state index contributed by atoms with van der Waals surface area (Å²) in [6, 6.07) is 0. The van der Waals surface area contributed by atoms with Crippen LogP contribution in [0.5, 0.6) is 0 Å². The number of nitrogens with zero attached hydrogens (tertiary/aromatic N) is 2. The SMILES string of the molecule is CSC(C)C(=O)N1CCC(O)(CN2CCCC2)CC1. The van der Waals surface area contributed by atoms with E-state index in [2.05, 4.69) is 4.90 Å². The number of hydrogen-bond acceptors (Lipinski definition) is 4. The summed E-state index contributed by atoms with van der Waals surface area (Å²) in [7, 11) is 0. The largest absolute Gasteiger partial charge is 0.388 e. The highest BCUT2D eigenvalue weighted by atomic mass is 32.2. The van der Waals surface area contributed by atoms with Gasteiger partial charge in [-0.2, -0.15) is 11.8 Å². The smallest absolute Gasteiger partial charge is 0.235 e. The van der Waals surface area contributed by atoms with Crippen molar-refractivity contribution in [2.24, 2.45) is 0 Å². The van der Waals surface area contributed by atoms with Gasteiger partial charge in [0.05, 0.1) is 10.9 Å². The lowest BCUT2D eigenvalue weighted by Crippen LogP contribution is -2.52. The van der Waals surface area contributed by atoms with Crippen molar-refractivity contribution >= 4 is 17.7 Å². The van der Waals surface area contributed by atoms with Crippen LogP contribution in [0.1, 0.15) is 32.6 Å². The maximum atomic E-state index is 12.1. The van der Waals surface area contributed by atoms with Crippen LogP contribution in [0.15, 0.2) is 0 Å². The van der Waals surface area contributed by atoms with E-state index in [1.54, 1.807) is 11.8 Å². The molecule has 2 aliphatic rings. The number of amides is 1. The number of rotatable bonds is 4. The summed E-state index contributed by atoms with van der Waals surface area (Å²) in [6.45, 7) is 6.39. The molecule has 1 amide bonds. The summed E-state index contributed by atoms with van der Waals surface area (Å²) < 4.78 is 0. The molecule has 0 saturated carbocycles. The number of β-amino-alcohol motifs (C(OH)–C–C–N with tert-alkyl or cyclic N) is 1. The van der Waals surface area contributed by atoms with E-state index in [4.69, 9.17) is 0 Å². The van der Waals surface area contributed by atoms with Gasteiger partial charge in [-0.25, -0.2) is 0 Å². The highest BCUT2D eigenvalue weighted by molar-refractivity contribution is 7.99. The van der Waals surface area contributed by atoms with Gasteiger partial charge in [0.1, 0.15) is 0 Å². The van der Waals surface area contributed by atoms with Crippen LogP contribution in [0, 0.1) is 0 Å². The first-order chi connectivity index (χ1) is 9.04. The molecule has 2 heterocycles. The molecular formula is C14H26N2O2S. The summed E-state index contributed by atoms with van der Waals surface area (Å²) in [6.07, 6.45) is 5.92. The number of aliphatic hydroxyl groups is 1. The van der Waals surface area contributed by atoms with Crippen LogP contribution in [0.3, 0.4) is 0 Å². The molecule has 110 valence electrons. The molecular weight excluding hydrogens is 260 g/mol. The Morgan fingerprint density at radius 2 is 1.84 bits per heavy atom. The summed E-state index contributed by atoms with van der Waals surface area (Å²) in [5.41, 5.74) is -0.580. The molecule has 2 rings (SSSR count). The average Bonchev–Trinajstić information content (AvgIpc) is 2.90. The van der Waals surface area contributed by atoms with Crippen LogP contribution in [0.2, 0.25) is 0 Å². The van der Waals surface area contributed by atoms with Gasteiger partial charge in [-0.1, -0.05) is 0 Å². The molecule has 2 saturated heterocycles. The van der Waals surface area contributed by atoms with E-state index in [0.29, 0.717) is 13.1 Å². The summed E-state index contributed by atoms with van der Waals surface area (Å²) in [5.74, 6) is 0.218. The molecule has 0 aromatic heterocycles. The van der Waals surface area contributed by atoms with Crippen LogP contribution in [-0.2, 0) is 4.79 Å². The molecule has 1 N–H and O–H groups in total. The molecule has 0 aromatic carbocycles. The Morgan fingerprint density at radius 1 is 1.26 bits per heavy atom. The van der Waals surface area contributed by atoms with E-state index >= 15 is 0 Å². The molecule has 2 aliphatic heterocycles. The van der Waals surface area contributed by atoms with E-state index in [1.807, 2.05) is 18.1 Å². The first kappa shape index (κ1) is 15.1. The molecule has 0 aromatic rings. The van der Waals surface area contributed by atoms with Crippen molar-refractivity contribution in [2.45, 2.75) is 43.5 Å². The Balaban J connectivity index is 1.82. The van der Waals surface area contributed by atoms with E-state index in [9.17, 15) is 9.90 Å². The van der Waals surface area contributed by atoms with Gasteiger partial charge in [0.15, 0.2) is 0 Å². The number of piperidine rings is 1. The molecule has 4 nitrogen and oxygen atoms in total. The molecule has 0 bridgehead atoms. The second kappa shape index (κ2) is 6.46. The maximum Gasteiger partial charge on any atom is 0.235 e. The van der Waals surface area contributed by atoms with Gasteiger partial charge in [-0.15, -0.1) is 0 Å². The fourth-order valence-corrected chi connectivity index (χ4v) is 3.37. The molecule has 5 heteroatoms. The highest BCUT2D eigenvalue weighted by Gasteiger charge is 2.36. The number of carbonyl (C=O) groups excluding carboxylic acids is 1. The van der Waals surface area contributed by atoms with Crippen molar-refractivity contribution < 1.29 is 9.90 Å². The van der Waals surface area contributed by atoms with E-state index in [1.165, 1.54) is 12.8 Å². The Morgan fingerprint density at radius 3 is 2.37 bits per heavy atom. The third-order valence-electron chi connectivity index (χ3n) is 4.42. The van der Waals surface area contributed by atoms with Gasteiger partial charge < -0.3 is 14.9 Å². The van der Waals surface area contributed by atoms with Crippen LogP contribution in [0.25, 0.3) is 0 Å². The molecule has 0 aliphatic carbocycles. The summed E-state index contributed by atoms with van der Waals surface area (Å²) in [4.78, 5) is 16.4. The Kier molecular flexibility index (Phi) is 5.15. The number of carbonyl (C=O) groups is 1. The van der Waals surface area contributed by atoms with Gasteiger partial charge in [0.25, 0.3) is 0 Å². The predicted octanol–water partition coefficient (Wildman–Crippen LogP) is 1.19. The quantitative estimate of drug-likeness (QED) is 0.843. The van der Waals surface area contributed by atoms with Crippen molar-refractivity contribution in [3.05, 3.63) is 0 Å². The molecule has 2 fully saturated rings. The van der Waals surface area contributed by atoms with Gasteiger partial charge in [-0.3, -0.25) is 4.79 Å². The van der Waals surface area contributed by atoms with Crippen molar-refractivity contribution in [2.75, 3.05) is 39.0 Å². The zero-order valence-corrected chi connectivity index (χ0v) is 12.9. The van der Waals surface area contributed by atoms with Crippen molar-refractivity contribution in [1.29, 1.82) is 0 Å². The zero-order chi connectivity index (χ0) is 13.9. The minimum Gasteiger partial charge on any atom is -0.388 e. The number of hydrogen-bond donors (Lipinski definition) is 1. The molecule has 1 unspecified atom stereocenters. The number of likely N-dealkylation sites (tertiary alicyclic amines) is 2. The van der Waals surface area contributed by atoms with Gasteiger partial charge in [-0.05, 0) is 52.0 Å². The van der Waals surface area contributed by atoms with Crippen LogP contribution in [0.4, 0.5) is 0 Å². The maximum absolute atomic E-state index is 12.1. The first-order valence-electron chi connectivity index (χ1n) is 7.30. The van der Waals surface area contributed by atoms with Crippen molar-refractivity contribution in [3.63, 3.8) is 0 Å². The predicted molar refractivity (Wildman–Crippen MR) is 79.4 cm³/mol. The fraction of sp³-hybridized carbons (Fsp3) is 0.929. The van der Waals surface area contributed by atoms with Crippen LogP contribution < -0.4 is 0 Å². The van der Waals surface area contributed by atoms with E-state index in [-0.39, 0.29) is 11.2 Å². The molecule has 19 heavy (non-hydrogen) atoms. The Hall–Kier alpha value is -0.260. The lowest BCUT2D eigenvalue weighted by atomic mass is 9.90. The van der Waals surface area contributed by atoms with Gasteiger partial charge in [0.2, 0.25) is 5.91 Å². The Labute approximate surface area is 120 Å². The molecule has 1 atom stereocenters. The second-order valence-electron chi connectivity index (χ2n) is 5.91. The van der Waals surface area contributed by atoms with E-state index in [0.717, 1.165) is 32.5 Å². The summed E-state index contributed by atoms with van der Waals surface area (Å²) >= 11 is 1.59. The molecule has 0 radical (unpaired) electrons. The second-order valence-corrected chi connectivity index (χ2v) is 7.09.